The van der Waals surface area contributed by atoms with Gasteiger partial charge in [-0.15, -0.1) is 0 Å². The lowest BCUT2D eigenvalue weighted by Gasteiger charge is -2.06. The van der Waals surface area contributed by atoms with Gasteiger partial charge in [-0.05, 0) is 6.07 Å². The first-order valence-electron chi connectivity index (χ1n) is 6.09. The van der Waals surface area contributed by atoms with E-state index in [-0.39, 0.29) is 23.5 Å². The zero-order valence-electron chi connectivity index (χ0n) is 11.2. The number of benzene rings is 1. The molecule has 2 rings (SSSR count). The molecule has 9 nitrogen and oxygen atoms in total. The van der Waals surface area contributed by atoms with E-state index in [4.69, 9.17) is 10.3 Å². The number of carbonyl (C=O) groups is 1. The Hall–Kier alpha value is -2.97. The molecule has 0 radical (unpaired) electrons. The van der Waals surface area contributed by atoms with Crippen molar-refractivity contribution in [2.45, 2.75) is 13.3 Å². The molecule has 3 N–H and O–H groups in total. The van der Waals surface area contributed by atoms with Gasteiger partial charge in [0.25, 0.3) is 11.6 Å². The van der Waals surface area contributed by atoms with Crippen LogP contribution in [0.5, 0.6) is 0 Å². The van der Waals surface area contributed by atoms with Gasteiger partial charge in [-0.3, -0.25) is 14.9 Å². The summed E-state index contributed by atoms with van der Waals surface area (Å²) in [5, 5.41) is 17.1. The lowest BCUT2D eigenvalue weighted by molar-refractivity contribution is -0.383. The molecule has 0 spiro atoms. The topological polar surface area (TPSA) is 137 Å². The van der Waals surface area contributed by atoms with Crippen LogP contribution in [0.25, 0.3) is 0 Å². The Balaban J connectivity index is 2.00. The molecule has 0 aliphatic rings. The largest absolute Gasteiger partial charge is 0.393 e. The van der Waals surface area contributed by atoms with E-state index in [1.165, 1.54) is 18.2 Å². The van der Waals surface area contributed by atoms with Gasteiger partial charge in [-0.1, -0.05) is 11.2 Å². The van der Waals surface area contributed by atoms with Gasteiger partial charge in [0.2, 0.25) is 5.89 Å². The SMILES string of the molecule is Cc1nc(CCNC(=O)c2cccc([N+](=O)[O-])c2N)no1. The number of nitrogens with zero attached hydrogens (tertiary/aromatic N) is 3. The van der Waals surface area contributed by atoms with Crippen LogP contribution in [-0.2, 0) is 6.42 Å². The van der Waals surface area contributed by atoms with Crippen LogP contribution < -0.4 is 11.1 Å². The molecule has 1 amide bonds. The summed E-state index contributed by atoms with van der Waals surface area (Å²) in [4.78, 5) is 26.1. The van der Waals surface area contributed by atoms with Crippen LogP contribution in [-0.4, -0.2) is 27.5 Å². The Bertz CT molecular complexity index is 682. The summed E-state index contributed by atoms with van der Waals surface area (Å²) in [5.74, 6) is 0.426. The monoisotopic (exact) mass is 291 g/mol. The Morgan fingerprint density at radius 1 is 1.52 bits per heavy atom. The van der Waals surface area contributed by atoms with E-state index in [0.29, 0.717) is 18.1 Å². The molecule has 21 heavy (non-hydrogen) atoms. The maximum absolute atomic E-state index is 12.0. The fourth-order valence-electron chi connectivity index (χ4n) is 1.74. The molecule has 110 valence electrons. The number of nitrogens with one attached hydrogen (secondary N) is 1. The third kappa shape index (κ3) is 3.32. The van der Waals surface area contributed by atoms with Gasteiger partial charge < -0.3 is 15.6 Å². The molecule has 0 bridgehead atoms. The highest BCUT2D eigenvalue weighted by atomic mass is 16.6. The van der Waals surface area contributed by atoms with Crippen molar-refractivity contribution in [3.05, 3.63) is 45.6 Å². The van der Waals surface area contributed by atoms with Crippen molar-refractivity contribution in [3.8, 4) is 0 Å². The Morgan fingerprint density at radius 2 is 2.29 bits per heavy atom. The number of para-hydroxylation sites is 1. The van der Waals surface area contributed by atoms with E-state index in [2.05, 4.69) is 15.5 Å². The number of amides is 1. The first kappa shape index (κ1) is 14.4. The van der Waals surface area contributed by atoms with Crippen LogP contribution in [0.1, 0.15) is 22.1 Å². The second-order valence-electron chi connectivity index (χ2n) is 4.23. The highest BCUT2D eigenvalue weighted by molar-refractivity contribution is 6.00. The van der Waals surface area contributed by atoms with Gasteiger partial charge in [0.05, 0.1) is 10.5 Å². The summed E-state index contributed by atoms with van der Waals surface area (Å²) >= 11 is 0. The number of carbonyl (C=O) groups excluding carboxylic acids is 1. The first-order valence-corrected chi connectivity index (χ1v) is 6.09. The molecule has 9 heteroatoms. The van der Waals surface area contributed by atoms with E-state index < -0.39 is 10.8 Å². The summed E-state index contributed by atoms with van der Waals surface area (Å²) < 4.78 is 4.80. The van der Waals surface area contributed by atoms with Crippen molar-refractivity contribution in [1.82, 2.24) is 15.5 Å². The summed E-state index contributed by atoms with van der Waals surface area (Å²) in [7, 11) is 0. The Kier molecular flexibility index (Phi) is 4.12. The molecule has 0 aliphatic carbocycles. The number of nitro groups is 1. The van der Waals surface area contributed by atoms with Crippen LogP contribution in [0.3, 0.4) is 0 Å². The number of nitrogen functional groups attached to an aromatic ring is 1. The molecule has 1 aromatic carbocycles. The van der Waals surface area contributed by atoms with Gasteiger partial charge in [0.1, 0.15) is 5.69 Å². The minimum Gasteiger partial charge on any atom is -0.393 e. The Morgan fingerprint density at radius 3 is 2.90 bits per heavy atom. The molecule has 0 saturated carbocycles. The van der Waals surface area contributed by atoms with Crippen LogP contribution in [0.4, 0.5) is 11.4 Å². The predicted octanol–water partition coefficient (Wildman–Crippen LogP) is 0.841. The van der Waals surface area contributed by atoms with E-state index in [9.17, 15) is 14.9 Å². The molecule has 0 saturated heterocycles. The van der Waals surface area contributed by atoms with Crippen molar-refractivity contribution < 1.29 is 14.2 Å². The van der Waals surface area contributed by atoms with Gasteiger partial charge in [0.15, 0.2) is 5.82 Å². The zero-order valence-corrected chi connectivity index (χ0v) is 11.2. The molecule has 0 atom stereocenters. The maximum atomic E-state index is 12.0. The zero-order chi connectivity index (χ0) is 15.4. The first-order chi connectivity index (χ1) is 9.99. The van der Waals surface area contributed by atoms with Crippen LogP contribution >= 0.6 is 0 Å². The maximum Gasteiger partial charge on any atom is 0.292 e. The van der Waals surface area contributed by atoms with Crippen LogP contribution in [0, 0.1) is 17.0 Å². The number of nitro benzene ring substituents is 1. The number of rotatable bonds is 5. The smallest absolute Gasteiger partial charge is 0.292 e. The number of hydrogen-bond acceptors (Lipinski definition) is 7. The lowest BCUT2D eigenvalue weighted by atomic mass is 10.1. The molecular formula is C12H13N5O4. The Labute approximate surface area is 119 Å². The fourth-order valence-corrected chi connectivity index (χ4v) is 1.74. The minimum atomic E-state index is -0.631. The summed E-state index contributed by atoms with van der Waals surface area (Å²) in [6, 6.07) is 4.08. The normalized spacial score (nSPS) is 10.3. The van der Waals surface area contributed by atoms with Gasteiger partial charge in [0, 0.05) is 26.0 Å². The molecule has 0 fully saturated rings. The van der Waals surface area contributed by atoms with Crippen molar-refractivity contribution >= 4 is 17.3 Å². The second-order valence-corrected chi connectivity index (χ2v) is 4.23. The number of hydrogen-bond donors (Lipinski definition) is 2. The average molecular weight is 291 g/mol. The predicted molar refractivity (Wildman–Crippen MR) is 72.6 cm³/mol. The highest BCUT2D eigenvalue weighted by Crippen LogP contribution is 2.24. The fraction of sp³-hybridized carbons (Fsp3) is 0.250. The number of nitrogens with two attached hydrogens (primary N) is 1. The quantitative estimate of drug-likeness (QED) is 0.473. The van der Waals surface area contributed by atoms with E-state index in [1.807, 2.05) is 0 Å². The van der Waals surface area contributed by atoms with Gasteiger partial charge >= 0.3 is 0 Å². The molecule has 0 aliphatic heterocycles. The minimum absolute atomic E-state index is 0.0634. The van der Waals surface area contributed by atoms with Crippen molar-refractivity contribution in [3.63, 3.8) is 0 Å². The van der Waals surface area contributed by atoms with E-state index in [0.717, 1.165) is 0 Å². The van der Waals surface area contributed by atoms with E-state index in [1.54, 1.807) is 6.92 Å². The standard InChI is InChI=1S/C12H13N5O4/c1-7-15-10(16-21-7)5-6-14-12(18)8-3-2-4-9(11(8)13)17(19)20/h2-4H,5-6,13H2,1H3,(H,14,18). The molecule has 1 heterocycles. The van der Waals surface area contributed by atoms with Gasteiger partial charge in [-0.25, -0.2) is 0 Å². The summed E-state index contributed by atoms with van der Waals surface area (Å²) in [6.45, 7) is 1.93. The third-order valence-corrected chi connectivity index (χ3v) is 2.73. The van der Waals surface area contributed by atoms with Crippen LogP contribution in [0.15, 0.2) is 22.7 Å². The van der Waals surface area contributed by atoms with Crippen molar-refractivity contribution in [2.24, 2.45) is 0 Å². The number of aromatic nitrogens is 2. The van der Waals surface area contributed by atoms with Crippen LogP contribution in [0.2, 0.25) is 0 Å². The molecule has 1 aromatic heterocycles. The lowest BCUT2D eigenvalue weighted by Crippen LogP contribution is -2.27. The average Bonchev–Trinajstić information content (AvgIpc) is 2.84. The molecule has 2 aromatic rings. The number of aryl methyl sites for hydroxylation is 1. The van der Waals surface area contributed by atoms with Crippen molar-refractivity contribution in [2.75, 3.05) is 12.3 Å². The second kappa shape index (κ2) is 5.99. The molecular weight excluding hydrogens is 278 g/mol. The number of anilines is 1. The summed E-state index contributed by atoms with van der Waals surface area (Å²) in [5.41, 5.74) is 5.24. The molecule has 0 unspecified atom stereocenters. The summed E-state index contributed by atoms with van der Waals surface area (Å²) in [6.07, 6.45) is 0.387. The van der Waals surface area contributed by atoms with Crippen molar-refractivity contribution in [1.29, 1.82) is 0 Å². The highest BCUT2D eigenvalue weighted by Gasteiger charge is 2.18. The van der Waals surface area contributed by atoms with E-state index >= 15 is 0 Å². The van der Waals surface area contributed by atoms with Gasteiger partial charge in [-0.2, -0.15) is 4.98 Å². The third-order valence-electron chi connectivity index (χ3n) is 2.73.